The van der Waals surface area contributed by atoms with E-state index in [0.717, 1.165) is 36.7 Å². The van der Waals surface area contributed by atoms with Crippen molar-refractivity contribution in [2.45, 2.75) is 73.3 Å². The molecule has 180 valence electrons. The third-order valence-electron chi connectivity index (χ3n) is 5.07. The van der Waals surface area contributed by atoms with Crippen LogP contribution in [0.4, 0.5) is 0 Å². The van der Waals surface area contributed by atoms with Gasteiger partial charge in [-0.05, 0) is 75.6 Å². The molecular formula is C25H40N2O5. The lowest BCUT2D eigenvalue weighted by Gasteiger charge is -2.10. The molecule has 7 heteroatoms. The fraction of sp³-hybridized carbons (Fsp3) is 0.560. The van der Waals surface area contributed by atoms with Crippen LogP contribution in [0.5, 0.6) is 5.75 Å². The van der Waals surface area contributed by atoms with E-state index in [9.17, 15) is 14.4 Å². The fourth-order valence-corrected chi connectivity index (χ4v) is 2.86. The molecule has 7 nitrogen and oxygen atoms in total. The number of carbonyl (C=O) groups excluding carboxylic acids is 2. The van der Waals surface area contributed by atoms with Crippen LogP contribution in [0.3, 0.4) is 0 Å². The second-order valence-electron chi connectivity index (χ2n) is 7.93. The van der Waals surface area contributed by atoms with Crippen LogP contribution in [0.1, 0.15) is 74.9 Å². The van der Waals surface area contributed by atoms with Crippen LogP contribution in [0.25, 0.3) is 0 Å². The summed E-state index contributed by atoms with van der Waals surface area (Å²) in [7, 11) is 0. The zero-order valence-electron chi connectivity index (χ0n) is 20.4. The normalized spacial score (nSPS) is 16.8. The standard InChI is InChI=1S/C12H14O2.C11H20N2O3.C2H6/c1-8(2)14-12-6-11(7-13)5-9(3)10(12)4;1-7-6-8(7)10(14)13-5-3-2-4-9(12)11(15)16;1-2/h5-7H,1H2,2-4H3;7-9H,2-6,12H2,1H3,(H,13,14)(H,15,16);1-2H3. The van der Waals surface area contributed by atoms with Crippen LogP contribution in [-0.2, 0) is 9.59 Å². The lowest BCUT2D eigenvalue weighted by molar-refractivity contribution is -0.138. The Balaban J connectivity index is 0.000000561. The first-order valence-corrected chi connectivity index (χ1v) is 11.2. The molecule has 1 fully saturated rings. The topological polar surface area (TPSA) is 119 Å². The Morgan fingerprint density at radius 1 is 1.31 bits per heavy atom. The van der Waals surface area contributed by atoms with Crippen molar-refractivity contribution < 1.29 is 24.2 Å². The van der Waals surface area contributed by atoms with Crippen LogP contribution >= 0.6 is 0 Å². The van der Waals surface area contributed by atoms with E-state index in [0.29, 0.717) is 36.0 Å². The molecule has 0 saturated heterocycles. The lowest BCUT2D eigenvalue weighted by Crippen LogP contribution is -2.30. The van der Waals surface area contributed by atoms with Crippen molar-refractivity contribution in [3.05, 3.63) is 41.2 Å². The van der Waals surface area contributed by atoms with Gasteiger partial charge in [0.15, 0.2) is 0 Å². The highest BCUT2D eigenvalue weighted by Crippen LogP contribution is 2.37. The SMILES string of the molecule is C=C(C)Oc1cc(C=O)cc(C)c1C.CC.CC1CC1C(=O)NCCCCC(N)C(=O)O. The third kappa shape index (κ3) is 11.1. The average Bonchev–Trinajstić information content (AvgIpc) is 3.48. The van der Waals surface area contributed by atoms with Crippen LogP contribution in [0.2, 0.25) is 0 Å². The number of carbonyl (C=O) groups is 3. The predicted molar refractivity (Wildman–Crippen MR) is 128 cm³/mol. The van der Waals surface area contributed by atoms with E-state index in [4.69, 9.17) is 15.6 Å². The highest BCUT2D eigenvalue weighted by molar-refractivity contribution is 5.81. The van der Waals surface area contributed by atoms with Crippen LogP contribution in [0.15, 0.2) is 24.5 Å². The van der Waals surface area contributed by atoms with Crippen molar-refractivity contribution in [1.29, 1.82) is 0 Å². The number of nitrogens with one attached hydrogen (secondary N) is 1. The van der Waals surface area contributed by atoms with E-state index < -0.39 is 12.0 Å². The number of amides is 1. The van der Waals surface area contributed by atoms with Gasteiger partial charge in [-0.15, -0.1) is 0 Å². The Hall–Kier alpha value is -2.67. The molecule has 1 aromatic rings. The summed E-state index contributed by atoms with van der Waals surface area (Å²) in [5.74, 6) is 1.24. The fourth-order valence-electron chi connectivity index (χ4n) is 2.86. The minimum Gasteiger partial charge on any atom is -0.480 e. The molecule has 1 aliphatic carbocycles. The van der Waals surface area contributed by atoms with Crippen molar-refractivity contribution in [3.63, 3.8) is 0 Å². The number of ether oxygens (including phenoxy) is 1. The molecule has 1 aliphatic rings. The third-order valence-corrected chi connectivity index (χ3v) is 5.07. The molecular weight excluding hydrogens is 408 g/mol. The Bertz CT molecular complexity index is 776. The van der Waals surface area contributed by atoms with Gasteiger partial charge in [0.1, 0.15) is 18.1 Å². The molecule has 0 radical (unpaired) electrons. The van der Waals surface area contributed by atoms with E-state index in [-0.39, 0.29) is 11.8 Å². The zero-order chi connectivity index (χ0) is 24.8. The Kier molecular flexibility index (Phi) is 13.9. The maximum absolute atomic E-state index is 11.4. The van der Waals surface area contributed by atoms with Gasteiger partial charge in [-0.25, -0.2) is 0 Å². The number of allylic oxidation sites excluding steroid dienone is 1. The summed E-state index contributed by atoms with van der Waals surface area (Å²) in [4.78, 5) is 32.4. The van der Waals surface area contributed by atoms with Gasteiger partial charge >= 0.3 is 5.97 Å². The molecule has 1 aromatic carbocycles. The van der Waals surface area contributed by atoms with Crippen LogP contribution in [-0.4, -0.2) is 35.9 Å². The molecule has 0 aromatic heterocycles. The molecule has 1 amide bonds. The molecule has 0 heterocycles. The second-order valence-corrected chi connectivity index (χ2v) is 7.93. The van der Waals surface area contributed by atoms with Gasteiger partial charge in [-0.1, -0.05) is 27.4 Å². The van der Waals surface area contributed by atoms with E-state index in [1.807, 2.05) is 33.8 Å². The van der Waals surface area contributed by atoms with Crippen LogP contribution in [0, 0.1) is 25.7 Å². The van der Waals surface area contributed by atoms with Crippen molar-refractivity contribution >= 4 is 18.2 Å². The highest BCUT2D eigenvalue weighted by atomic mass is 16.5. The molecule has 0 aliphatic heterocycles. The summed E-state index contributed by atoms with van der Waals surface area (Å²) in [5, 5.41) is 11.4. The number of aliphatic carboxylic acids is 1. The lowest BCUT2D eigenvalue weighted by atomic mass is 10.1. The number of nitrogens with two attached hydrogens (primary N) is 1. The summed E-state index contributed by atoms with van der Waals surface area (Å²) >= 11 is 0. The van der Waals surface area contributed by atoms with E-state index in [1.54, 1.807) is 13.0 Å². The number of unbranched alkanes of at least 4 members (excludes halogenated alkanes) is 1. The number of carboxylic acids is 1. The van der Waals surface area contributed by atoms with Crippen molar-refractivity contribution in [1.82, 2.24) is 5.32 Å². The Morgan fingerprint density at radius 3 is 2.38 bits per heavy atom. The largest absolute Gasteiger partial charge is 0.480 e. The van der Waals surface area contributed by atoms with Crippen LogP contribution < -0.4 is 15.8 Å². The quantitative estimate of drug-likeness (QED) is 0.277. The minimum absolute atomic E-state index is 0.134. The van der Waals surface area contributed by atoms with Gasteiger partial charge in [0, 0.05) is 18.0 Å². The highest BCUT2D eigenvalue weighted by Gasteiger charge is 2.38. The number of aryl methyl sites for hydroxylation is 1. The second kappa shape index (κ2) is 15.2. The summed E-state index contributed by atoms with van der Waals surface area (Å²) in [6.45, 7) is 16.0. The van der Waals surface area contributed by atoms with E-state index >= 15 is 0 Å². The molecule has 32 heavy (non-hydrogen) atoms. The smallest absolute Gasteiger partial charge is 0.320 e. The number of hydrogen-bond acceptors (Lipinski definition) is 5. The number of benzene rings is 1. The van der Waals surface area contributed by atoms with Gasteiger partial charge in [0.05, 0.1) is 5.76 Å². The van der Waals surface area contributed by atoms with Gasteiger partial charge in [0.25, 0.3) is 0 Å². The predicted octanol–water partition coefficient (Wildman–Crippen LogP) is 4.40. The molecule has 4 N–H and O–H groups in total. The average molecular weight is 449 g/mol. The number of aldehydes is 1. The Morgan fingerprint density at radius 2 is 1.91 bits per heavy atom. The monoisotopic (exact) mass is 448 g/mol. The molecule has 0 bridgehead atoms. The first-order chi connectivity index (χ1) is 15.1. The number of hydrogen-bond donors (Lipinski definition) is 3. The number of rotatable bonds is 10. The van der Waals surface area contributed by atoms with Crippen molar-refractivity contribution in [2.24, 2.45) is 17.6 Å². The summed E-state index contributed by atoms with van der Waals surface area (Å²) in [5.41, 5.74) is 8.06. The van der Waals surface area contributed by atoms with Gasteiger partial charge in [0.2, 0.25) is 5.91 Å². The molecule has 1 saturated carbocycles. The molecule has 0 spiro atoms. The van der Waals surface area contributed by atoms with Gasteiger partial charge in [-0.3, -0.25) is 14.4 Å². The van der Waals surface area contributed by atoms with E-state index in [2.05, 4.69) is 18.8 Å². The molecule has 3 atom stereocenters. The van der Waals surface area contributed by atoms with Crippen molar-refractivity contribution in [3.8, 4) is 5.75 Å². The first kappa shape index (κ1) is 29.3. The van der Waals surface area contributed by atoms with Gasteiger partial charge < -0.3 is 20.9 Å². The first-order valence-electron chi connectivity index (χ1n) is 11.2. The van der Waals surface area contributed by atoms with Gasteiger partial charge in [-0.2, -0.15) is 0 Å². The summed E-state index contributed by atoms with van der Waals surface area (Å²) in [6, 6.07) is 2.79. The summed E-state index contributed by atoms with van der Waals surface area (Å²) < 4.78 is 5.41. The maximum Gasteiger partial charge on any atom is 0.320 e. The Labute approximate surface area is 192 Å². The molecule has 2 rings (SSSR count). The van der Waals surface area contributed by atoms with E-state index in [1.165, 1.54) is 0 Å². The maximum atomic E-state index is 11.4. The minimum atomic E-state index is -0.962. The zero-order valence-corrected chi connectivity index (χ0v) is 20.4. The number of carboxylic acid groups (broad SMARTS) is 1. The molecule has 3 unspecified atom stereocenters. The summed E-state index contributed by atoms with van der Waals surface area (Å²) in [6.07, 6.45) is 3.79. The van der Waals surface area contributed by atoms with Crippen molar-refractivity contribution in [2.75, 3.05) is 6.54 Å².